The summed E-state index contributed by atoms with van der Waals surface area (Å²) in [7, 11) is 0. The van der Waals surface area contributed by atoms with Crippen molar-refractivity contribution >= 4 is 38.2 Å². The Bertz CT molecular complexity index is 234. The Kier molecular flexibility index (Phi) is 15.4. The Morgan fingerprint density at radius 1 is 0.700 bits per heavy atom. The van der Waals surface area contributed by atoms with E-state index in [0.717, 1.165) is 39.1 Å². The van der Waals surface area contributed by atoms with Crippen LogP contribution in [0.2, 0.25) is 10.6 Å². The molecule has 0 atom stereocenters. The van der Waals surface area contributed by atoms with E-state index in [-0.39, 0.29) is 11.9 Å². The van der Waals surface area contributed by atoms with E-state index in [1.807, 2.05) is 0 Å². The first kappa shape index (κ1) is 20.0. The summed E-state index contributed by atoms with van der Waals surface area (Å²) in [5.74, 6) is -0.350. The Balaban J connectivity index is 2.99. The fourth-order valence-electron chi connectivity index (χ4n) is 1.43. The first-order chi connectivity index (χ1) is 9.63. The molecule has 0 unspecified atom stereocenters. The second-order valence-electron chi connectivity index (χ2n) is 4.45. The topological polar surface area (TPSA) is 52.6 Å². The molecule has 4 nitrogen and oxygen atoms in total. The average Bonchev–Trinajstić information content (AvgIpc) is 2.38. The molecule has 0 aromatic rings. The summed E-state index contributed by atoms with van der Waals surface area (Å²) in [6.45, 7) is 4.07. The van der Waals surface area contributed by atoms with Crippen LogP contribution in [0.3, 0.4) is 0 Å². The van der Waals surface area contributed by atoms with Gasteiger partial charge in [0.15, 0.2) is 0 Å². The van der Waals surface area contributed by atoms with Gasteiger partial charge < -0.3 is 0 Å². The van der Waals surface area contributed by atoms with Gasteiger partial charge in [0.1, 0.15) is 0 Å². The van der Waals surface area contributed by atoms with Crippen molar-refractivity contribution in [2.75, 3.05) is 13.2 Å². The van der Waals surface area contributed by atoms with Crippen LogP contribution >= 0.6 is 0 Å². The van der Waals surface area contributed by atoms with Crippen molar-refractivity contribution in [3.8, 4) is 0 Å². The zero-order valence-corrected chi connectivity index (χ0v) is 15.9. The summed E-state index contributed by atoms with van der Waals surface area (Å²) in [4.78, 5) is 21.1. The zero-order valence-electron chi connectivity index (χ0n) is 12.5. The van der Waals surface area contributed by atoms with E-state index in [2.05, 4.69) is 0 Å². The quantitative estimate of drug-likeness (QED) is 0.263. The van der Waals surface area contributed by atoms with Gasteiger partial charge in [-0.25, -0.2) is 0 Å². The molecule has 0 radical (unpaired) electrons. The van der Waals surface area contributed by atoms with Gasteiger partial charge in [0, 0.05) is 0 Å². The molecule has 0 aliphatic heterocycles. The molecule has 0 heterocycles. The average molecular weight is 416 g/mol. The van der Waals surface area contributed by atoms with Crippen LogP contribution in [0.4, 0.5) is 0 Å². The van der Waals surface area contributed by atoms with E-state index in [1.165, 1.54) is 50.2 Å². The third-order valence-electron chi connectivity index (χ3n) is 2.44. The number of unbranched alkanes of at least 4 members (excludes halogenated alkanes) is 4. The molecular weight excluding hydrogens is 390 g/mol. The van der Waals surface area contributed by atoms with Crippen molar-refractivity contribution in [2.45, 2.75) is 63.0 Å². The maximum absolute atomic E-state index is 10.5. The molecule has 0 aliphatic rings. The van der Waals surface area contributed by atoms with Gasteiger partial charge in [-0.3, -0.25) is 0 Å². The molecule has 6 heteroatoms. The Labute approximate surface area is 133 Å². The summed E-state index contributed by atoms with van der Waals surface area (Å²) >= 11 is 1.65. The molecule has 118 valence electrons. The number of hydrogen-bond acceptors (Lipinski definition) is 4. The minimum atomic E-state index is -0.175. The van der Waals surface area contributed by atoms with E-state index in [4.69, 9.17) is 9.47 Å². The van der Waals surface area contributed by atoms with Crippen molar-refractivity contribution in [2.24, 2.45) is 0 Å². The van der Waals surface area contributed by atoms with E-state index >= 15 is 0 Å². The molecule has 20 heavy (non-hydrogen) atoms. The van der Waals surface area contributed by atoms with Crippen molar-refractivity contribution in [3.05, 3.63) is 0 Å². The molecule has 0 fully saturated rings. The van der Waals surface area contributed by atoms with Crippen LogP contribution in [-0.2, 0) is 19.1 Å². The molecule has 0 saturated heterocycles. The van der Waals surface area contributed by atoms with E-state index in [0.29, 0.717) is 13.2 Å². The molecule has 0 aliphatic carbocycles. The normalized spacial score (nSPS) is 10.3. The standard InChI is InChI=1S/C14H26O4Se2/c1-13(15)17-9-5-3-7-11-19-20-12-8-4-6-10-18-14(2)16/h3-12H2,1-2H3. The molecule has 0 aromatic carbocycles. The van der Waals surface area contributed by atoms with Crippen LogP contribution in [0.25, 0.3) is 0 Å². The maximum atomic E-state index is 10.5. The van der Waals surface area contributed by atoms with Gasteiger partial charge in [-0.15, -0.1) is 0 Å². The summed E-state index contributed by atoms with van der Waals surface area (Å²) in [6.07, 6.45) is 6.89. The number of esters is 2. The van der Waals surface area contributed by atoms with Crippen LogP contribution in [-0.4, -0.2) is 51.4 Å². The molecule has 0 spiro atoms. The van der Waals surface area contributed by atoms with Gasteiger partial charge in [-0.2, -0.15) is 0 Å². The van der Waals surface area contributed by atoms with Crippen LogP contribution in [0.15, 0.2) is 0 Å². The van der Waals surface area contributed by atoms with Crippen molar-refractivity contribution < 1.29 is 19.1 Å². The monoisotopic (exact) mass is 418 g/mol. The molecule has 0 N–H and O–H groups in total. The molecule has 0 saturated carbocycles. The number of rotatable bonds is 13. The predicted molar refractivity (Wildman–Crippen MR) is 82.1 cm³/mol. The van der Waals surface area contributed by atoms with E-state index in [1.54, 1.807) is 0 Å². The van der Waals surface area contributed by atoms with Gasteiger partial charge >= 0.3 is 133 Å². The van der Waals surface area contributed by atoms with Crippen LogP contribution in [0.1, 0.15) is 52.4 Å². The SMILES string of the molecule is CC(=O)OCCCCC[Se][Se]CCCCCOC(C)=O. The van der Waals surface area contributed by atoms with E-state index in [9.17, 15) is 9.59 Å². The van der Waals surface area contributed by atoms with Crippen LogP contribution in [0.5, 0.6) is 0 Å². The number of hydrogen-bond donors (Lipinski definition) is 0. The second kappa shape index (κ2) is 15.4. The molecule has 0 amide bonds. The van der Waals surface area contributed by atoms with Gasteiger partial charge in [0.2, 0.25) is 0 Å². The van der Waals surface area contributed by atoms with Crippen LogP contribution in [0, 0.1) is 0 Å². The molecule has 0 aromatic heterocycles. The summed E-state index contributed by atoms with van der Waals surface area (Å²) in [5, 5.41) is 2.72. The zero-order chi connectivity index (χ0) is 15.1. The van der Waals surface area contributed by atoms with Crippen LogP contribution < -0.4 is 0 Å². The number of ether oxygens (including phenoxy) is 2. The Morgan fingerprint density at radius 2 is 1.10 bits per heavy atom. The summed E-state index contributed by atoms with van der Waals surface area (Å²) in [6, 6.07) is 0. The van der Waals surface area contributed by atoms with E-state index < -0.39 is 0 Å². The third-order valence-corrected chi connectivity index (χ3v) is 10.1. The first-order valence-electron chi connectivity index (χ1n) is 7.14. The Morgan fingerprint density at radius 3 is 1.45 bits per heavy atom. The number of carbonyl (C=O) groups is 2. The predicted octanol–water partition coefficient (Wildman–Crippen LogP) is 2.61. The second-order valence-corrected chi connectivity index (χ2v) is 12.3. The number of carbonyl (C=O) groups excluding carboxylic acids is 2. The first-order valence-corrected chi connectivity index (χ1v) is 13.9. The third kappa shape index (κ3) is 18.0. The minimum absolute atomic E-state index is 0.175. The Hall–Kier alpha value is -0.0210. The van der Waals surface area contributed by atoms with Gasteiger partial charge in [0.25, 0.3) is 0 Å². The molecule has 0 rings (SSSR count). The van der Waals surface area contributed by atoms with Crippen molar-refractivity contribution in [3.63, 3.8) is 0 Å². The van der Waals surface area contributed by atoms with Gasteiger partial charge in [-0.05, 0) is 0 Å². The van der Waals surface area contributed by atoms with Gasteiger partial charge in [-0.1, -0.05) is 0 Å². The fraction of sp³-hybridized carbons (Fsp3) is 0.857. The van der Waals surface area contributed by atoms with Crippen molar-refractivity contribution in [1.82, 2.24) is 0 Å². The summed E-state index contributed by atoms with van der Waals surface area (Å²) in [5.41, 5.74) is 0. The van der Waals surface area contributed by atoms with Crippen molar-refractivity contribution in [1.29, 1.82) is 0 Å². The molecule has 0 bridgehead atoms. The summed E-state index contributed by atoms with van der Waals surface area (Å²) < 4.78 is 9.77. The fourth-order valence-corrected chi connectivity index (χ4v) is 8.41. The van der Waals surface area contributed by atoms with Gasteiger partial charge in [0.05, 0.1) is 0 Å². The molecular formula is C14H26O4Se2.